The molecule has 0 amide bonds. The normalized spacial score (nSPS) is 45.8. The van der Waals surface area contributed by atoms with Crippen molar-refractivity contribution in [3.05, 3.63) is 0 Å². The molecule has 0 radical (unpaired) electrons. The van der Waals surface area contributed by atoms with Crippen molar-refractivity contribution in [3.8, 4) is 0 Å². The Morgan fingerprint density at radius 2 is 1.57 bits per heavy atom. The fourth-order valence-electron chi connectivity index (χ4n) is 6.58. The molecule has 0 aromatic rings. The Bertz CT molecular complexity index is 683. The monoisotopic (exact) mass is 422 g/mol. The van der Waals surface area contributed by atoms with Crippen molar-refractivity contribution < 1.29 is 33.2 Å². The van der Waals surface area contributed by atoms with E-state index in [4.69, 9.17) is 28.4 Å². The highest BCUT2D eigenvalue weighted by Gasteiger charge is 2.77. The molecule has 3 aliphatic heterocycles. The third kappa shape index (κ3) is 2.99. The lowest BCUT2D eigenvalue weighted by Crippen LogP contribution is -2.43. The van der Waals surface area contributed by atoms with Gasteiger partial charge in [-0.2, -0.15) is 0 Å². The number of carbonyl (C=O) groups excluding carboxylic acids is 1. The second kappa shape index (κ2) is 7.14. The van der Waals surface area contributed by atoms with Crippen molar-refractivity contribution >= 4 is 5.97 Å². The van der Waals surface area contributed by atoms with Gasteiger partial charge in [-0.1, -0.05) is 12.8 Å². The molecular weight excluding hydrogens is 388 g/mol. The first kappa shape index (κ1) is 19.9. The van der Waals surface area contributed by atoms with Crippen molar-refractivity contribution in [2.24, 2.45) is 5.92 Å². The van der Waals surface area contributed by atoms with E-state index in [2.05, 4.69) is 0 Å². The van der Waals surface area contributed by atoms with Gasteiger partial charge in [-0.05, 0) is 39.0 Å². The zero-order valence-corrected chi connectivity index (χ0v) is 17.9. The third-order valence-corrected chi connectivity index (χ3v) is 8.15. The van der Waals surface area contributed by atoms with E-state index in [9.17, 15) is 4.79 Å². The van der Waals surface area contributed by atoms with Crippen molar-refractivity contribution in [3.63, 3.8) is 0 Å². The molecule has 168 valence electrons. The van der Waals surface area contributed by atoms with E-state index in [0.717, 1.165) is 51.4 Å². The van der Waals surface area contributed by atoms with Gasteiger partial charge in [0.05, 0.1) is 19.1 Å². The minimum absolute atomic E-state index is 0.180. The van der Waals surface area contributed by atoms with Gasteiger partial charge >= 0.3 is 5.97 Å². The van der Waals surface area contributed by atoms with E-state index >= 15 is 0 Å². The van der Waals surface area contributed by atoms with E-state index in [1.54, 1.807) is 0 Å². The average Bonchev–Trinajstić information content (AvgIpc) is 3.01. The number of hydrogen-bond donors (Lipinski definition) is 0. The van der Waals surface area contributed by atoms with Crippen molar-refractivity contribution in [2.45, 2.75) is 119 Å². The van der Waals surface area contributed by atoms with E-state index in [1.165, 1.54) is 12.8 Å². The molecular formula is C23H34O7. The van der Waals surface area contributed by atoms with Crippen LogP contribution < -0.4 is 0 Å². The fourth-order valence-corrected chi connectivity index (χ4v) is 6.58. The highest BCUT2D eigenvalue weighted by molar-refractivity contribution is 5.78. The third-order valence-electron chi connectivity index (χ3n) is 8.15. The summed E-state index contributed by atoms with van der Waals surface area (Å²) >= 11 is 0. The van der Waals surface area contributed by atoms with E-state index in [1.807, 2.05) is 6.92 Å². The summed E-state index contributed by atoms with van der Waals surface area (Å²) in [6, 6.07) is 0. The van der Waals surface area contributed by atoms with Gasteiger partial charge in [0, 0.05) is 25.7 Å². The number of rotatable bonds is 3. The van der Waals surface area contributed by atoms with Crippen LogP contribution in [0.4, 0.5) is 0 Å². The molecule has 0 aromatic heterocycles. The summed E-state index contributed by atoms with van der Waals surface area (Å²) < 4.78 is 37.9. The van der Waals surface area contributed by atoms with Crippen molar-refractivity contribution in [2.75, 3.05) is 13.2 Å². The van der Waals surface area contributed by atoms with Crippen LogP contribution in [0, 0.1) is 5.92 Å². The van der Waals surface area contributed by atoms with Crippen LogP contribution in [0.25, 0.3) is 0 Å². The molecule has 6 atom stereocenters. The van der Waals surface area contributed by atoms with Gasteiger partial charge in [-0.15, -0.1) is 0 Å². The summed E-state index contributed by atoms with van der Waals surface area (Å²) in [5.74, 6) is -1.43. The Morgan fingerprint density at radius 3 is 2.27 bits per heavy atom. The Hall–Kier alpha value is -0.730. The van der Waals surface area contributed by atoms with Crippen LogP contribution in [0.3, 0.4) is 0 Å². The number of ether oxygens (including phenoxy) is 6. The van der Waals surface area contributed by atoms with Crippen LogP contribution in [-0.2, 0) is 33.2 Å². The van der Waals surface area contributed by atoms with Crippen LogP contribution >= 0.6 is 0 Å². The molecule has 3 aliphatic carbocycles. The Labute approximate surface area is 178 Å². The van der Waals surface area contributed by atoms with E-state index in [0.29, 0.717) is 19.6 Å². The summed E-state index contributed by atoms with van der Waals surface area (Å²) in [6.07, 6.45) is 10.5. The van der Waals surface area contributed by atoms with E-state index < -0.39 is 17.2 Å². The fraction of sp³-hybridized carbons (Fsp3) is 0.957. The summed E-state index contributed by atoms with van der Waals surface area (Å²) in [5.41, 5.74) is -0.631. The number of fused-ring (bicyclic) bond motifs is 2. The second-order valence-corrected chi connectivity index (χ2v) is 10.1. The van der Waals surface area contributed by atoms with E-state index in [-0.39, 0.29) is 36.3 Å². The molecule has 7 heteroatoms. The van der Waals surface area contributed by atoms with Crippen molar-refractivity contribution in [1.82, 2.24) is 0 Å². The van der Waals surface area contributed by atoms with Crippen molar-refractivity contribution in [1.29, 1.82) is 0 Å². The first-order valence-corrected chi connectivity index (χ1v) is 12.1. The summed E-state index contributed by atoms with van der Waals surface area (Å²) in [6.45, 7) is 2.74. The predicted molar refractivity (Wildman–Crippen MR) is 105 cm³/mol. The Morgan fingerprint density at radius 1 is 0.867 bits per heavy atom. The van der Waals surface area contributed by atoms with Gasteiger partial charge in [0.1, 0.15) is 30.0 Å². The molecule has 6 aliphatic rings. The number of esters is 1. The van der Waals surface area contributed by atoms with Gasteiger partial charge in [0.2, 0.25) is 0 Å². The van der Waals surface area contributed by atoms with Gasteiger partial charge < -0.3 is 28.4 Å². The topological polar surface area (TPSA) is 72.5 Å². The van der Waals surface area contributed by atoms with Gasteiger partial charge in [0.25, 0.3) is 0 Å². The first-order chi connectivity index (χ1) is 14.6. The molecule has 0 bridgehead atoms. The van der Waals surface area contributed by atoms with Crippen LogP contribution in [0.5, 0.6) is 0 Å². The molecule has 3 heterocycles. The van der Waals surface area contributed by atoms with Crippen LogP contribution in [0.15, 0.2) is 0 Å². The number of carbonyl (C=O) groups is 1. The Balaban J connectivity index is 1.25. The molecule has 6 fully saturated rings. The lowest BCUT2D eigenvalue weighted by atomic mass is 9.94. The summed E-state index contributed by atoms with van der Waals surface area (Å²) in [7, 11) is 0. The molecule has 7 nitrogen and oxygen atoms in total. The highest BCUT2D eigenvalue weighted by Crippen LogP contribution is 2.62. The summed E-state index contributed by atoms with van der Waals surface area (Å²) in [5, 5.41) is 0. The average molecular weight is 423 g/mol. The molecule has 3 spiro atoms. The first-order valence-electron chi connectivity index (χ1n) is 12.1. The molecule has 0 aromatic carbocycles. The smallest absolute Gasteiger partial charge is 0.312 e. The maximum atomic E-state index is 12.5. The van der Waals surface area contributed by atoms with Crippen LogP contribution in [0.2, 0.25) is 0 Å². The number of hydrogen-bond acceptors (Lipinski definition) is 7. The quantitative estimate of drug-likeness (QED) is 0.647. The van der Waals surface area contributed by atoms with Gasteiger partial charge in [-0.25, -0.2) is 0 Å². The summed E-state index contributed by atoms with van der Waals surface area (Å²) in [4.78, 5) is 12.5. The largest absolute Gasteiger partial charge is 0.466 e. The molecule has 0 unspecified atom stereocenters. The lowest BCUT2D eigenvalue weighted by molar-refractivity contribution is -0.244. The minimum atomic E-state index is -0.631. The molecule has 0 N–H and O–H groups in total. The molecule has 3 saturated heterocycles. The molecule has 30 heavy (non-hydrogen) atoms. The SMILES string of the molecule is CCOC(=O)[C@H]1C[C@@]12O[C@H]([C@H]1COC3(CCCCC3)O1)[C@@H]1OC3(CCCCC3)O[C@@H]12. The highest BCUT2D eigenvalue weighted by atomic mass is 16.8. The van der Waals surface area contributed by atoms with Gasteiger partial charge in [0.15, 0.2) is 11.6 Å². The Kier molecular flexibility index (Phi) is 4.74. The predicted octanol–water partition coefficient (Wildman–Crippen LogP) is 3.23. The maximum Gasteiger partial charge on any atom is 0.312 e. The maximum absolute atomic E-state index is 12.5. The second-order valence-electron chi connectivity index (χ2n) is 10.1. The van der Waals surface area contributed by atoms with Crippen LogP contribution in [0.1, 0.15) is 77.6 Å². The molecule has 6 rings (SSSR count). The molecule has 3 saturated carbocycles. The standard InChI is InChI=1S/C23H34O7/c1-2-25-20(24)15-13-23(15)19-18(28-22(30-19)11-7-4-8-12-22)17(29-23)16-14-26-21(27-16)9-5-3-6-10-21/h15-19H,2-14H2,1H3/t15-,16-,17-,18+,19+,23-/m1/s1. The zero-order valence-electron chi connectivity index (χ0n) is 17.9. The zero-order chi connectivity index (χ0) is 20.4. The lowest BCUT2D eigenvalue weighted by Gasteiger charge is -2.35. The van der Waals surface area contributed by atoms with Crippen LogP contribution in [-0.4, -0.2) is 60.8 Å². The van der Waals surface area contributed by atoms with Gasteiger partial charge in [-0.3, -0.25) is 4.79 Å². The minimum Gasteiger partial charge on any atom is -0.466 e.